The molecule has 0 spiro atoms. The topological polar surface area (TPSA) is 68.3 Å². The Bertz CT molecular complexity index is 823. The van der Waals surface area contributed by atoms with Crippen molar-refractivity contribution in [3.8, 4) is 11.3 Å². The molecule has 1 aromatic carbocycles. The van der Waals surface area contributed by atoms with Gasteiger partial charge < -0.3 is 14.3 Å². The number of hydrogen-bond donors (Lipinski definition) is 1. The lowest BCUT2D eigenvalue weighted by molar-refractivity contribution is 0.0945. The molecule has 5 nitrogen and oxygen atoms in total. The van der Waals surface area contributed by atoms with E-state index in [1.807, 2.05) is 19.1 Å². The summed E-state index contributed by atoms with van der Waals surface area (Å²) in [6.45, 7) is 2.27. The molecule has 0 saturated carbocycles. The zero-order valence-electron chi connectivity index (χ0n) is 12.5. The number of halogens is 1. The van der Waals surface area contributed by atoms with Gasteiger partial charge in [0.05, 0.1) is 5.56 Å². The highest BCUT2D eigenvalue weighted by Gasteiger charge is 2.15. The van der Waals surface area contributed by atoms with Crippen LogP contribution in [0.1, 0.15) is 22.0 Å². The smallest absolute Gasteiger partial charge is 0.273 e. The molecule has 1 N–H and O–H groups in total. The van der Waals surface area contributed by atoms with Crippen LogP contribution < -0.4 is 5.32 Å². The molecule has 0 aliphatic heterocycles. The van der Waals surface area contributed by atoms with Crippen LogP contribution in [0.15, 0.2) is 51.4 Å². The number of amides is 1. The molecule has 0 unspecified atom stereocenters. The molecule has 118 valence electrons. The highest BCUT2D eigenvalue weighted by Crippen LogP contribution is 2.23. The average molecular weight is 314 g/mol. The highest BCUT2D eigenvalue weighted by atomic mass is 19.1. The second kappa shape index (κ2) is 6.48. The summed E-state index contributed by atoms with van der Waals surface area (Å²) in [4.78, 5) is 12.0. The minimum atomic E-state index is -0.427. The second-order valence-corrected chi connectivity index (χ2v) is 5.07. The monoisotopic (exact) mass is 314 g/mol. The van der Waals surface area contributed by atoms with Crippen LogP contribution in [0.25, 0.3) is 11.3 Å². The van der Waals surface area contributed by atoms with Crippen molar-refractivity contribution < 1.29 is 18.1 Å². The number of nitrogens with one attached hydrogen (secondary N) is 1. The number of benzene rings is 1. The second-order valence-electron chi connectivity index (χ2n) is 5.07. The van der Waals surface area contributed by atoms with Gasteiger partial charge in [0.2, 0.25) is 0 Å². The zero-order chi connectivity index (χ0) is 16.2. The molecular formula is C17H15FN2O3. The van der Waals surface area contributed by atoms with E-state index in [0.717, 1.165) is 11.5 Å². The lowest BCUT2D eigenvalue weighted by Gasteiger charge is -2.00. The van der Waals surface area contributed by atoms with Crippen molar-refractivity contribution >= 4 is 5.91 Å². The van der Waals surface area contributed by atoms with Gasteiger partial charge in [-0.3, -0.25) is 4.79 Å². The molecule has 1 amide bonds. The first-order valence-corrected chi connectivity index (χ1v) is 7.18. The molecule has 0 aliphatic rings. The Balaban J connectivity index is 1.61. The van der Waals surface area contributed by atoms with Gasteiger partial charge in [-0.15, -0.1) is 0 Å². The normalized spacial score (nSPS) is 10.7. The van der Waals surface area contributed by atoms with Crippen molar-refractivity contribution in [3.05, 3.63) is 65.5 Å². The first-order valence-electron chi connectivity index (χ1n) is 7.18. The molecule has 3 rings (SSSR count). The van der Waals surface area contributed by atoms with Gasteiger partial charge in [-0.25, -0.2) is 4.39 Å². The molecule has 0 atom stereocenters. The van der Waals surface area contributed by atoms with E-state index in [2.05, 4.69) is 10.5 Å². The largest absolute Gasteiger partial charge is 0.466 e. The van der Waals surface area contributed by atoms with Crippen LogP contribution in [-0.2, 0) is 6.42 Å². The predicted octanol–water partition coefficient (Wildman–Crippen LogP) is 3.35. The van der Waals surface area contributed by atoms with Gasteiger partial charge in [0, 0.05) is 19.0 Å². The Morgan fingerprint density at radius 1 is 1.26 bits per heavy atom. The fourth-order valence-corrected chi connectivity index (χ4v) is 2.18. The fourth-order valence-electron chi connectivity index (χ4n) is 2.18. The van der Waals surface area contributed by atoms with Crippen molar-refractivity contribution in [1.82, 2.24) is 10.5 Å². The third-order valence-electron chi connectivity index (χ3n) is 3.34. The Hall–Kier alpha value is -2.89. The quantitative estimate of drug-likeness (QED) is 0.784. The maximum atomic E-state index is 13.7. The maximum absolute atomic E-state index is 13.7. The molecule has 2 aromatic heterocycles. The number of carbonyl (C=O) groups is 1. The van der Waals surface area contributed by atoms with Crippen LogP contribution in [-0.4, -0.2) is 17.6 Å². The number of nitrogens with zero attached hydrogens (tertiary/aromatic N) is 1. The molecule has 23 heavy (non-hydrogen) atoms. The molecular weight excluding hydrogens is 299 g/mol. The average Bonchev–Trinajstić information content (AvgIpc) is 3.17. The zero-order valence-corrected chi connectivity index (χ0v) is 12.5. The molecule has 3 aromatic rings. The lowest BCUT2D eigenvalue weighted by atomic mass is 10.1. The summed E-state index contributed by atoms with van der Waals surface area (Å²) in [6, 6.07) is 11.3. The Kier molecular flexibility index (Phi) is 4.23. The van der Waals surface area contributed by atoms with Gasteiger partial charge in [0.1, 0.15) is 17.3 Å². The van der Waals surface area contributed by atoms with E-state index in [0.29, 0.717) is 13.0 Å². The van der Waals surface area contributed by atoms with Crippen LogP contribution in [0.2, 0.25) is 0 Å². The summed E-state index contributed by atoms with van der Waals surface area (Å²) >= 11 is 0. The summed E-state index contributed by atoms with van der Waals surface area (Å²) in [5.74, 6) is 1.05. The Labute approximate surface area is 132 Å². The minimum Gasteiger partial charge on any atom is -0.466 e. The van der Waals surface area contributed by atoms with E-state index in [1.165, 1.54) is 12.1 Å². The van der Waals surface area contributed by atoms with E-state index in [1.54, 1.807) is 18.2 Å². The number of aromatic nitrogens is 1. The van der Waals surface area contributed by atoms with Crippen molar-refractivity contribution in [2.24, 2.45) is 0 Å². The maximum Gasteiger partial charge on any atom is 0.273 e. The first kappa shape index (κ1) is 15.0. The van der Waals surface area contributed by atoms with Crippen LogP contribution in [0, 0.1) is 12.7 Å². The van der Waals surface area contributed by atoms with Crippen LogP contribution in [0.4, 0.5) is 4.39 Å². The van der Waals surface area contributed by atoms with Crippen molar-refractivity contribution in [3.63, 3.8) is 0 Å². The summed E-state index contributed by atoms with van der Waals surface area (Å²) in [5.41, 5.74) is 0.379. The Morgan fingerprint density at radius 2 is 2.09 bits per heavy atom. The summed E-state index contributed by atoms with van der Waals surface area (Å²) in [6.07, 6.45) is 0.581. The predicted molar refractivity (Wildman–Crippen MR) is 81.4 cm³/mol. The fraction of sp³-hybridized carbons (Fsp3) is 0.176. The van der Waals surface area contributed by atoms with Crippen molar-refractivity contribution in [2.75, 3.05) is 6.54 Å². The third kappa shape index (κ3) is 3.48. The molecule has 2 heterocycles. The SMILES string of the molecule is Cc1ccc(CCNC(=O)c2cc(-c3ccccc3F)on2)o1. The third-order valence-corrected chi connectivity index (χ3v) is 3.34. The summed E-state index contributed by atoms with van der Waals surface area (Å²) < 4.78 is 24.1. The van der Waals surface area contributed by atoms with E-state index in [9.17, 15) is 9.18 Å². The van der Waals surface area contributed by atoms with E-state index < -0.39 is 5.82 Å². The first-order chi connectivity index (χ1) is 11.1. The highest BCUT2D eigenvalue weighted by molar-refractivity contribution is 5.93. The number of aryl methyl sites for hydroxylation is 1. The minimum absolute atomic E-state index is 0.110. The summed E-state index contributed by atoms with van der Waals surface area (Å²) in [7, 11) is 0. The van der Waals surface area contributed by atoms with Crippen LogP contribution >= 0.6 is 0 Å². The number of carbonyl (C=O) groups excluding carboxylic acids is 1. The lowest BCUT2D eigenvalue weighted by Crippen LogP contribution is -2.25. The van der Waals surface area contributed by atoms with E-state index in [-0.39, 0.29) is 22.9 Å². The van der Waals surface area contributed by atoms with Crippen LogP contribution in [0.3, 0.4) is 0 Å². The van der Waals surface area contributed by atoms with Gasteiger partial charge in [-0.1, -0.05) is 17.3 Å². The van der Waals surface area contributed by atoms with E-state index in [4.69, 9.17) is 8.94 Å². The van der Waals surface area contributed by atoms with Gasteiger partial charge >= 0.3 is 0 Å². The molecule has 0 saturated heterocycles. The molecule has 0 fully saturated rings. The molecule has 6 heteroatoms. The van der Waals surface area contributed by atoms with E-state index >= 15 is 0 Å². The molecule has 0 radical (unpaired) electrons. The van der Waals surface area contributed by atoms with Gasteiger partial charge in [-0.2, -0.15) is 0 Å². The Morgan fingerprint density at radius 3 is 2.83 bits per heavy atom. The number of hydrogen-bond acceptors (Lipinski definition) is 4. The van der Waals surface area contributed by atoms with Crippen LogP contribution in [0.5, 0.6) is 0 Å². The number of rotatable bonds is 5. The van der Waals surface area contributed by atoms with Gasteiger partial charge in [-0.05, 0) is 31.2 Å². The standard InChI is InChI=1S/C17H15FN2O3/c1-11-6-7-12(22-11)8-9-19-17(21)15-10-16(23-20-15)13-4-2-3-5-14(13)18/h2-7,10H,8-9H2,1H3,(H,19,21). The van der Waals surface area contributed by atoms with Gasteiger partial charge in [0.25, 0.3) is 5.91 Å². The molecule has 0 aliphatic carbocycles. The van der Waals surface area contributed by atoms with Gasteiger partial charge in [0.15, 0.2) is 11.5 Å². The van der Waals surface area contributed by atoms with Crippen molar-refractivity contribution in [1.29, 1.82) is 0 Å². The number of furan rings is 1. The molecule has 0 bridgehead atoms. The van der Waals surface area contributed by atoms with Crippen molar-refractivity contribution in [2.45, 2.75) is 13.3 Å². The summed E-state index contributed by atoms with van der Waals surface area (Å²) in [5, 5.41) is 6.41.